The largest absolute Gasteiger partial charge is 0.374 e. The normalized spacial score (nSPS) is 24.0. The van der Waals surface area contributed by atoms with E-state index < -0.39 is 0 Å². The number of hydrogen-bond donors (Lipinski definition) is 1. The van der Waals surface area contributed by atoms with Crippen LogP contribution in [0.4, 0.5) is 5.69 Å². The molecule has 1 saturated carbocycles. The molecule has 0 amide bonds. The zero-order valence-corrected chi connectivity index (χ0v) is 11.9. The molecular formula is C16H26N2. The Morgan fingerprint density at radius 3 is 2.44 bits per heavy atom. The smallest absolute Gasteiger partial charge is 0.0393 e. The van der Waals surface area contributed by atoms with Crippen LogP contribution in [-0.4, -0.2) is 19.6 Å². The van der Waals surface area contributed by atoms with Crippen LogP contribution in [-0.2, 0) is 0 Å². The highest BCUT2D eigenvalue weighted by Crippen LogP contribution is 2.27. The zero-order valence-electron chi connectivity index (χ0n) is 11.9. The Balaban J connectivity index is 1.97. The first kappa shape index (κ1) is 13.4. The van der Waals surface area contributed by atoms with Gasteiger partial charge in [0.2, 0.25) is 0 Å². The van der Waals surface area contributed by atoms with Crippen LogP contribution in [0.5, 0.6) is 0 Å². The van der Waals surface area contributed by atoms with Crippen molar-refractivity contribution in [1.82, 2.24) is 0 Å². The number of anilines is 1. The average molecular weight is 246 g/mol. The lowest BCUT2D eigenvalue weighted by atomic mass is 9.86. The number of rotatable bonds is 3. The summed E-state index contributed by atoms with van der Waals surface area (Å²) in [5.41, 5.74) is 10.1. The molecule has 2 rings (SSSR count). The highest BCUT2D eigenvalue weighted by molar-refractivity contribution is 5.53. The monoisotopic (exact) mass is 246 g/mol. The standard InChI is InChI=1S/C16H26N2/c1-12-4-9-16(13(2)10-12)18(3)11-14-5-7-15(17)8-6-14/h4,9-10,14-15H,5-8,11,17H2,1-3H3. The van der Waals surface area contributed by atoms with Crippen LogP contribution in [0.25, 0.3) is 0 Å². The minimum atomic E-state index is 0.452. The van der Waals surface area contributed by atoms with Gasteiger partial charge in [-0.2, -0.15) is 0 Å². The van der Waals surface area contributed by atoms with Crippen molar-refractivity contribution in [2.24, 2.45) is 11.7 Å². The minimum Gasteiger partial charge on any atom is -0.374 e. The number of nitrogens with zero attached hydrogens (tertiary/aromatic N) is 1. The van der Waals surface area contributed by atoms with Gasteiger partial charge in [-0.1, -0.05) is 17.7 Å². The summed E-state index contributed by atoms with van der Waals surface area (Å²) in [5, 5.41) is 0. The topological polar surface area (TPSA) is 29.3 Å². The molecule has 1 aromatic rings. The van der Waals surface area contributed by atoms with Gasteiger partial charge in [0, 0.05) is 25.3 Å². The van der Waals surface area contributed by atoms with Crippen molar-refractivity contribution < 1.29 is 0 Å². The van der Waals surface area contributed by atoms with E-state index >= 15 is 0 Å². The molecule has 1 fully saturated rings. The molecule has 100 valence electrons. The molecule has 0 bridgehead atoms. The number of benzene rings is 1. The van der Waals surface area contributed by atoms with Gasteiger partial charge in [-0.05, 0) is 57.1 Å². The molecular weight excluding hydrogens is 220 g/mol. The van der Waals surface area contributed by atoms with Crippen LogP contribution in [0, 0.1) is 19.8 Å². The van der Waals surface area contributed by atoms with Crippen molar-refractivity contribution in [1.29, 1.82) is 0 Å². The molecule has 0 spiro atoms. The third-order valence-electron chi connectivity index (χ3n) is 4.19. The molecule has 0 atom stereocenters. The molecule has 0 aliphatic heterocycles. The average Bonchev–Trinajstić information content (AvgIpc) is 2.32. The van der Waals surface area contributed by atoms with Crippen LogP contribution in [0.3, 0.4) is 0 Å². The van der Waals surface area contributed by atoms with E-state index in [0.717, 1.165) is 12.5 Å². The van der Waals surface area contributed by atoms with E-state index in [1.54, 1.807) is 0 Å². The molecule has 0 radical (unpaired) electrons. The molecule has 0 unspecified atom stereocenters. The Labute approximate surface area is 111 Å². The lowest BCUT2D eigenvalue weighted by Gasteiger charge is -2.31. The highest BCUT2D eigenvalue weighted by atomic mass is 15.1. The van der Waals surface area contributed by atoms with Gasteiger partial charge in [0.05, 0.1) is 0 Å². The molecule has 2 heteroatoms. The summed E-state index contributed by atoms with van der Waals surface area (Å²) in [6, 6.07) is 7.17. The Morgan fingerprint density at radius 2 is 1.83 bits per heavy atom. The Kier molecular flexibility index (Phi) is 4.28. The van der Waals surface area contributed by atoms with E-state index in [9.17, 15) is 0 Å². The van der Waals surface area contributed by atoms with E-state index in [-0.39, 0.29) is 0 Å². The summed E-state index contributed by atoms with van der Waals surface area (Å²) in [6.45, 7) is 5.52. The quantitative estimate of drug-likeness (QED) is 0.887. The SMILES string of the molecule is Cc1ccc(N(C)CC2CCC(N)CC2)c(C)c1. The number of hydrogen-bond acceptors (Lipinski definition) is 2. The molecule has 18 heavy (non-hydrogen) atoms. The van der Waals surface area contributed by atoms with Crippen LogP contribution in [0.15, 0.2) is 18.2 Å². The molecule has 1 aromatic carbocycles. The zero-order chi connectivity index (χ0) is 13.1. The first-order valence-corrected chi connectivity index (χ1v) is 7.10. The van der Waals surface area contributed by atoms with Gasteiger partial charge in [-0.25, -0.2) is 0 Å². The first-order chi connectivity index (χ1) is 8.56. The van der Waals surface area contributed by atoms with E-state index in [2.05, 4.69) is 44.0 Å². The van der Waals surface area contributed by atoms with Gasteiger partial charge in [-0.15, -0.1) is 0 Å². The Morgan fingerprint density at radius 1 is 1.17 bits per heavy atom. The summed E-state index contributed by atoms with van der Waals surface area (Å²) in [7, 11) is 2.21. The molecule has 0 saturated heterocycles. The Hall–Kier alpha value is -1.02. The van der Waals surface area contributed by atoms with Gasteiger partial charge in [-0.3, -0.25) is 0 Å². The maximum absolute atomic E-state index is 5.97. The lowest BCUT2D eigenvalue weighted by Crippen LogP contribution is -2.32. The maximum Gasteiger partial charge on any atom is 0.0393 e. The Bertz CT molecular complexity index is 392. The van der Waals surface area contributed by atoms with Crippen molar-refractivity contribution in [2.45, 2.75) is 45.6 Å². The van der Waals surface area contributed by atoms with Gasteiger partial charge in [0.25, 0.3) is 0 Å². The van der Waals surface area contributed by atoms with Crippen molar-refractivity contribution in [3.63, 3.8) is 0 Å². The third-order valence-corrected chi connectivity index (χ3v) is 4.19. The van der Waals surface area contributed by atoms with Crippen LogP contribution < -0.4 is 10.6 Å². The van der Waals surface area contributed by atoms with Crippen molar-refractivity contribution >= 4 is 5.69 Å². The summed E-state index contributed by atoms with van der Waals surface area (Å²) in [6.07, 6.45) is 4.98. The summed E-state index contributed by atoms with van der Waals surface area (Å²) < 4.78 is 0. The van der Waals surface area contributed by atoms with E-state index in [4.69, 9.17) is 5.73 Å². The first-order valence-electron chi connectivity index (χ1n) is 7.10. The van der Waals surface area contributed by atoms with Crippen LogP contribution >= 0.6 is 0 Å². The predicted molar refractivity (Wildman–Crippen MR) is 79.1 cm³/mol. The van der Waals surface area contributed by atoms with Gasteiger partial charge in [0.15, 0.2) is 0 Å². The number of aryl methyl sites for hydroxylation is 2. The molecule has 1 aliphatic carbocycles. The van der Waals surface area contributed by atoms with Gasteiger partial charge >= 0.3 is 0 Å². The molecule has 1 aliphatic rings. The summed E-state index contributed by atoms with van der Waals surface area (Å²) in [5.74, 6) is 0.815. The predicted octanol–water partition coefficient (Wildman–Crippen LogP) is 3.26. The summed E-state index contributed by atoms with van der Waals surface area (Å²) >= 11 is 0. The summed E-state index contributed by atoms with van der Waals surface area (Å²) in [4.78, 5) is 2.41. The van der Waals surface area contributed by atoms with E-state index in [0.29, 0.717) is 6.04 Å². The second-order valence-corrected chi connectivity index (χ2v) is 5.95. The highest BCUT2D eigenvalue weighted by Gasteiger charge is 2.20. The van der Waals surface area contributed by atoms with Crippen molar-refractivity contribution in [2.75, 3.05) is 18.5 Å². The third kappa shape index (κ3) is 3.26. The number of nitrogens with two attached hydrogens (primary N) is 1. The van der Waals surface area contributed by atoms with Crippen LogP contribution in [0.1, 0.15) is 36.8 Å². The fourth-order valence-corrected chi connectivity index (χ4v) is 3.09. The molecule has 0 aromatic heterocycles. The van der Waals surface area contributed by atoms with Crippen LogP contribution in [0.2, 0.25) is 0 Å². The van der Waals surface area contributed by atoms with Gasteiger partial charge < -0.3 is 10.6 Å². The molecule has 2 N–H and O–H groups in total. The minimum absolute atomic E-state index is 0.452. The van der Waals surface area contributed by atoms with Gasteiger partial charge in [0.1, 0.15) is 0 Å². The van der Waals surface area contributed by atoms with E-state index in [1.165, 1.54) is 42.5 Å². The van der Waals surface area contributed by atoms with Crippen molar-refractivity contribution in [3.05, 3.63) is 29.3 Å². The lowest BCUT2D eigenvalue weighted by molar-refractivity contribution is 0.330. The molecule has 0 heterocycles. The molecule has 2 nitrogen and oxygen atoms in total. The van der Waals surface area contributed by atoms with E-state index in [1.807, 2.05) is 0 Å². The maximum atomic E-state index is 5.97. The second kappa shape index (κ2) is 5.75. The second-order valence-electron chi connectivity index (χ2n) is 5.95. The fraction of sp³-hybridized carbons (Fsp3) is 0.625. The fourth-order valence-electron chi connectivity index (χ4n) is 3.09. The van der Waals surface area contributed by atoms with Crippen molar-refractivity contribution in [3.8, 4) is 0 Å².